The molecule has 0 bridgehead atoms. The fourth-order valence-corrected chi connectivity index (χ4v) is 4.56. The number of piperidine rings is 1. The number of hydrogen-bond donors (Lipinski definition) is 0. The van der Waals surface area contributed by atoms with E-state index in [2.05, 4.69) is 56.9 Å². The number of hydrogen-bond acceptors (Lipinski definition) is 3. The van der Waals surface area contributed by atoms with E-state index in [1.807, 2.05) is 41.1 Å². The van der Waals surface area contributed by atoms with Crippen LogP contribution in [0.1, 0.15) is 30.4 Å². The van der Waals surface area contributed by atoms with Crippen molar-refractivity contribution in [1.82, 2.24) is 9.80 Å². The fourth-order valence-electron chi connectivity index (χ4n) is 3.99. The van der Waals surface area contributed by atoms with Crippen LogP contribution in [-0.4, -0.2) is 62.6 Å². The second-order valence-electron chi connectivity index (χ2n) is 7.70. The first-order valence-corrected chi connectivity index (χ1v) is 11.2. The first-order chi connectivity index (χ1) is 14.1. The molecule has 0 atom stereocenters. The van der Waals surface area contributed by atoms with Gasteiger partial charge in [0.05, 0.1) is 0 Å². The third kappa shape index (κ3) is 4.47. The maximum atomic E-state index is 13.0. The summed E-state index contributed by atoms with van der Waals surface area (Å²) in [6.07, 6.45) is 6.71. The van der Waals surface area contributed by atoms with Crippen LogP contribution in [0.15, 0.2) is 60.3 Å². The van der Waals surface area contributed by atoms with Crippen molar-refractivity contribution in [1.29, 1.82) is 0 Å². The Morgan fingerprint density at radius 2 is 1.66 bits per heavy atom. The molecule has 2 aliphatic heterocycles. The Hall–Kier alpha value is -2.36. The molecular weight excluding hydrogens is 425 g/mol. The summed E-state index contributed by atoms with van der Waals surface area (Å²) >= 11 is 3.07. The molecule has 0 aromatic heterocycles. The topological polar surface area (TPSA) is 26.8 Å². The number of carbonyl (C=O) groups excluding carboxylic acids is 1. The molecule has 2 aliphatic rings. The van der Waals surface area contributed by atoms with Crippen LogP contribution in [0.25, 0.3) is 6.08 Å². The molecule has 0 spiro atoms. The minimum absolute atomic E-state index is 0.0530. The Kier molecular flexibility index (Phi) is 6.17. The molecular formula is C24H27N3OSe. The molecule has 0 N–H and O–H groups in total. The van der Waals surface area contributed by atoms with Crippen LogP contribution in [0.2, 0.25) is 0 Å². The van der Waals surface area contributed by atoms with E-state index < -0.39 is 0 Å². The fraction of sp³-hybridized carbons (Fsp3) is 0.333. The van der Waals surface area contributed by atoms with Crippen molar-refractivity contribution in [3.63, 3.8) is 0 Å². The summed E-state index contributed by atoms with van der Waals surface area (Å²) < 4.78 is 0.863. The Morgan fingerprint density at radius 3 is 2.34 bits per heavy atom. The van der Waals surface area contributed by atoms with Crippen LogP contribution in [0.3, 0.4) is 0 Å². The Labute approximate surface area is 181 Å². The van der Waals surface area contributed by atoms with Crippen LogP contribution in [0.5, 0.6) is 0 Å². The van der Waals surface area contributed by atoms with Gasteiger partial charge in [-0.05, 0) is 0 Å². The summed E-state index contributed by atoms with van der Waals surface area (Å²) in [6.45, 7) is 2.95. The maximum absolute atomic E-state index is 13.0. The zero-order valence-electron chi connectivity index (χ0n) is 16.9. The molecule has 29 heavy (non-hydrogen) atoms. The monoisotopic (exact) mass is 453 g/mol. The average molecular weight is 452 g/mol. The predicted molar refractivity (Wildman–Crippen MR) is 121 cm³/mol. The summed E-state index contributed by atoms with van der Waals surface area (Å²) in [5, 5.41) is 0. The molecule has 2 fully saturated rings. The number of benzene rings is 2. The molecule has 5 heteroatoms. The Bertz CT molecular complexity index is 901. The molecule has 0 radical (unpaired) electrons. The van der Waals surface area contributed by atoms with Crippen molar-refractivity contribution in [3.05, 3.63) is 71.4 Å². The average Bonchev–Trinajstić information content (AvgIpc) is 2.97. The van der Waals surface area contributed by atoms with Crippen molar-refractivity contribution >= 4 is 37.9 Å². The zero-order chi connectivity index (χ0) is 20.2. The Morgan fingerprint density at radius 1 is 0.966 bits per heavy atom. The minimum atomic E-state index is 0.0530. The van der Waals surface area contributed by atoms with E-state index in [0.29, 0.717) is 12.2 Å². The summed E-state index contributed by atoms with van der Waals surface area (Å²) in [5.41, 5.74) is 4.27. The molecule has 4 rings (SSSR count). The van der Waals surface area contributed by atoms with E-state index in [1.165, 1.54) is 30.5 Å². The molecule has 1 amide bonds. The standard InChI is InChI=1S/C24H27N3OSe/c1-25-22(18-20-10-12-21(13-11-20)26-15-6-3-7-16-26)23(28)27(24(25)29)17-14-19-8-4-2-5-9-19/h2,4-5,8-13,18H,3,6-7,14-17H2,1H3. The second-order valence-corrected chi connectivity index (χ2v) is 8.47. The third-order valence-corrected chi connectivity index (χ3v) is 6.77. The predicted octanol–water partition coefficient (Wildman–Crippen LogP) is 3.29. The van der Waals surface area contributed by atoms with Crippen molar-refractivity contribution in [2.45, 2.75) is 25.7 Å². The molecule has 0 aliphatic carbocycles. The van der Waals surface area contributed by atoms with Crippen LogP contribution in [-0.2, 0) is 11.2 Å². The van der Waals surface area contributed by atoms with Gasteiger partial charge >= 0.3 is 181 Å². The van der Waals surface area contributed by atoms with Gasteiger partial charge in [-0.2, -0.15) is 0 Å². The van der Waals surface area contributed by atoms with E-state index in [4.69, 9.17) is 0 Å². The summed E-state index contributed by atoms with van der Waals surface area (Å²) in [4.78, 5) is 19.3. The van der Waals surface area contributed by atoms with Crippen molar-refractivity contribution in [2.75, 3.05) is 31.6 Å². The summed E-state index contributed by atoms with van der Waals surface area (Å²) in [5.74, 6) is 0.0530. The summed E-state index contributed by atoms with van der Waals surface area (Å²) in [6, 6.07) is 18.9. The van der Waals surface area contributed by atoms with Crippen LogP contribution >= 0.6 is 0 Å². The molecule has 2 aromatic carbocycles. The van der Waals surface area contributed by atoms with Gasteiger partial charge in [-0.25, -0.2) is 0 Å². The first kappa shape index (κ1) is 19.9. The van der Waals surface area contributed by atoms with Crippen molar-refractivity contribution in [3.8, 4) is 0 Å². The SMILES string of the molecule is CN1C(=[Se])N(CCc2ccccc2)C(=O)C1=Cc1ccc(N2CCCCC2)cc1. The zero-order valence-corrected chi connectivity index (χ0v) is 18.6. The third-order valence-electron chi connectivity index (χ3n) is 5.73. The van der Waals surface area contributed by atoms with Gasteiger partial charge in [-0.3, -0.25) is 0 Å². The molecule has 2 heterocycles. The normalized spacial score (nSPS) is 18.8. The van der Waals surface area contributed by atoms with E-state index in [0.717, 1.165) is 29.7 Å². The van der Waals surface area contributed by atoms with Gasteiger partial charge < -0.3 is 0 Å². The van der Waals surface area contributed by atoms with Gasteiger partial charge in [0.15, 0.2) is 0 Å². The van der Waals surface area contributed by atoms with Gasteiger partial charge in [0.25, 0.3) is 0 Å². The number of amides is 1. The van der Waals surface area contributed by atoms with E-state index in [1.54, 1.807) is 0 Å². The number of rotatable bonds is 5. The van der Waals surface area contributed by atoms with E-state index in [9.17, 15) is 4.79 Å². The van der Waals surface area contributed by atoms with Gasteiger partial charge in [0.1, 0.15) is 0 Å². The first-order valence-electron chi connectivity index (χ1n) is 10.3. The van der Waals surface area contributed by atoms with Crippen molar-refractivity contribution < 1.29 is 4.79 Å². The van der Waals surface area contributed by atoms with Gasteiger partial charge in [0.2, 0.25) is 0 Å². The number of anilines is 1. The van der Waals surface area contributed by atoms with E-state index in [-0.39, 0.29) is 5.91 Å². The molecule has 0 unspecified atom stereocenters. The second kappa shape index (κ2) is 8.98. The quantitative estimate of drug-likeness (QED) is 0.515. The van der Waals surface area contributed by atoms with Crippen LogP contribution < -0.4 is 4.90 Å². The molecule has 150 valence electrons. The van der Waals surface area contributed by atoms with Gasteiger partial charge in [-0.1, -0.05) is 0 Å². The van der Waals surface area contributed by atoms with Crippen molar-refractivity contribution in [2.24, 2.45) is 0 Å². The van der Waals surface area contributed by atoms with E-state index >= 15 is 0 Å². The number of nitrogens with zero attached hydrogens (tertiary/aromatic N) is 3. The molecule has 2 saturated heterocycles. The van der Waals surface area contributed by atoms with Gasteiger partial charge in [0, 0.05) is 0 Å². The Balaban J connectivity index is 1.46. The number of carbonyl (C=O) groups is 1. The summed E-state index contributed by atoms with van der Waals surface area (Å²) in [7, 11) is 1.94. The number of likely N-dealkylation sites (N-methyl/N-ethyl adjacent to an activating group) is 1. The molecule has 4 nitrogen and oxygen atoms in total. The van der Waals surface area contributed by atoms with Crippen LogP contribution in [0.4, 0.5) is 5.69 Å². The molecule has 0 saturated carbocycles. The molecule has 2 aromatic rings. The van der Waals surface area contributed by atoms with Crippen LogP contribution in [0, 0.1) is 0 Å². The van der Waals surface area contributed by atoms with Gasteiger partial charge in [-0.15, -0.1) is 0 Å².